The molecule has 0 fully saturated rings. The van der Waals surface area contributed by atoms with E-state index in [1.807, 2.05) is 0 Å². The lowest BCUT2D eigenvalue weighted by Crippen LogP contribution is -1.80. The van der Waals surface area contributed by atoms with Gasteiger partial charge in [-0.25, -0.2) is 0 Å². The van der Waals surface area contributed by atoms with Gasteiger partial charge in [0.1, 0.15) is 0 Å². The average Bonchev–Trinajstić information content (AvgIpc) is 2.57. The molecule has 0 heterocycles. The highest BCUT2D eigenvalue weighted by molar-refractivity contribution is 4.84. The van der Waals surface area contributed by atoms with Gasteiger partial charge in [-0.15, -0.1) is 5.73 Å². The maximum atomic E-state index is 3.37. The third-order valence-corrected chi connectivity index (χ3v) is 4.64. The fourth-order valence-electron chi connectivity index (χ4n) is 3.01. The van der Waals surface area contributed by atoms with Gasteiger partial charge in [0, 0.05) is 0 Å². The maximum Gasteiger partial charge on any atom is -0.0274 e. The van der Waals surface area contributed by atoms with E-state index in [0.717, 1.165) is 0 Å². The minimum Gasteiger partial charge on any atom is -0.130 e. The zero-order chi connectivity index (χ0) is 16.8. The second-order valence-corrected chi connectivity index (χ2v) is 7.10. The quantitative estimate of drug-likeness (QED) is 0.175. The Labute approximate surface area is 147 Å². The first-order valence-electron chi connectivity index (χ1n) is 10.8. The Morgan fingerprint density at radius 1 is 0.435 bits per heavy atom. The molecule has 0 aromatic carbocycles. The molecule has 0 N–H and O–H groups in total. The smallest absolute Gasteiger partial charge is 0.0274 e. The third kappa shape index (κ3) is 21.5. The molecular formula is C23H44. The number of unbranched alkanes of at least 4 members (excludes halogenated alkanes) is 16. The van der Waals surface area contributed by atoms with Gasteiger partial charge < -0.3 is 0 Å². The van der Waals surface area contributed by atoms with Crippen molar-refractivity contribution in [1.29, 1.82) is 0 Å². The SMILES string of the molecule is CCCCCCCCCC=C=CCCCCCCCCCCC. The van der Waals surface area contributed by atoms with Crippen molar-refractivity contribution >= 4 is 0 Å². The van der Waals surface area contributed by atoms with Gasteiger partial charge in [-0.3, -0.25) is 0 Å². The summed E-state index contributed by atoms with van der Waals surface area (Å²) in [6.45, 7) is 4.57. The summed E-state index contributed by atoms with van der Waals surface area (Å²) in [4.78, 5) is 0. The minimum atomic E-state index is 1.22. The van der Waals surface area contributed by atoms with E-state index in [2.05, 4.69) is 31.7 Å². The largest absolute Gasteiger partial charge is 0.130 e. The summed E-state index contributed by atoms with van der Waals surface area (Å²) < 4.78 is 0. The molecule has 0 aromatic rings. The van der Waals surface area contributed by atoms with Gasteiger partial charge in [-0.1, -0.05) is 104 Å². The van der Waals surface area contributed by atoms with E-state index in [4.69, 9.17) is 0 Å². The van der Waals surface area contributed by atoms with E-state index in [1.54, 1.807) is 0 Å². The van der Waals surface area contributed by atoms with Crippen LogP contribution in [-0.4, -0.2) is 0 Å². The van der Waals surface area contributed by atoms with Crippen LogP contribution in [0.5, 0.6) is 0 Å². The van der Waals surface area contributed by atoms with E-state index in [1.165, 1.54) is 116 Å². The van der Waals surface area contributed by atoms with E-state index < -0.39 is 0 Å². The average molecular weight is 321 g/mol. The van der Waals surface area contributed by atoms with Crippen LogP contribution in [0.25, 0.3) is 0 Å². The van der Waals surface area contributed by atoms with Crippen molar-refractivity contribution in [2.24, 2.45) is 0 Å². The second-order valence-electron chi connectivity index (χ2n) is 7.10. The van der Waals surface area contributed by atoms with Gasteiger partial charge in [0.05, 0.1) is 0 Å². The second kappa shape index (κ2) is 21.5. The number of hydrogen-bond acceptors (Lipinski definition) is 0. The highest BCUT2D eigenvalue weighted by Crippen LogP contribution is 2.11. The monoisotopic (exact) mass is 320 g/mol. The van der Waals surface area contributed by atoms with Crippen LogP contribution in [0.2, 0.25) is 0 Å². The molecular weight excluding hydrogens is 276 g/mol. The van der Waals surface area contributed by atoms with Gasteiger partial charge in [-0.2, -0.15) is 0 Å². The molecule has 0 radical (unpaired) electrons. The molecule has 0 bridgehead atoms. The van der Waals surface area contributed by atoms with Crippen LogP contribution in [0.1, 0.15) is 129 Å². The van der Waals surface area contributed by atoms with Crippen molar-refractivity contribution in [2.75, 3.05) is 0 Å². The van der Waals surface area contributed by atoms with Crippen molar-refractivity contribution in [3.8, 4) is 0 Å². The summed E-state index contributed by atoms with van der Waals surface area (Å²) in [6.07, 6.45) is 29.6. The number of rotatable bonds is 18. The summed E-state index contributed by atoms with van der Waals surface area (Å²) >= 11 is 0. The molecule has 0 nitrogen and oxygen atoms in total. The van der Waals surface area contributed by atoms with Crippen LogP contribution in [0.3, 0.4) is 0 Å². The van der Waals surface area contributed by atoms with Crippen LogP contribution < -0.4 is 0 Å². The topological polar surface area (TPSA) is 0 Å². The molecule has 0 aromatic heterocycles. The Hall–Kier alpha value is -0.480. The molecule has 0 atom stereocenters. The van der Waals surface area contributed by atoms with E-state index in [0.29, 0.717) is 0 Å². The number of hydrogen-bond donors (Lipinski definition) is 0. The molecule has 0 amide bonds. The predicted molar refractivity (Wildman–Crippen MR) is 107 cm³/mol. The first kappa shape index (κ1) is 22.5. The molecule has 136 valence electrons. The van der Waals surface area contributed by atoms with Crippen LogP contribution in [-0.2, 0) is 0 Å². The zero-order valence-corrected chi connectivity index (χ0v) is 16.4. The van der Waals surface area contributed by atoms with Crippen LogP contribution in [0.15, 0.2) is 17.9 Å². The van der Waals surface area contributed by atoms with E-state index in [9.17, 15) is 0 Å². The summed E-state index contributed by atoms with van der Waals surface area (Å²) in [7, 11) is 0. The molecule has 0 spiro atoms. The van der Waals surface area contributed by atoms with Gasteiger partial charge in [0.2, 0.25) is 0 Å². The highest BCUT2D eigenvalue weighted by Gasteiger charge is 1.91. The van der Waals surface area contributed by atoms with Crippen LogP contribution >= 0.6 is 0 Å². The Balaban J connectivity index is 3.15. The fraction of sp³-hybridized carbons (Fsp3) is 0.870. The van der Waals surface area contributed by atoms with Crippen molar-refractivity contribution in [3.63, 3.8) is 0 Å². The summed E-state index contributed by atoms with van der Waals surface area (Å²) in [5.41, 5.74) is 3.37. The summed E-state index contributed by atoms with van der Waals surface area (Å²) in [5, 5.41) is 0. The van der Waals surface area contributed by atoms with Gasteiger partial charge >= 0.3 is 0 Å². The lowest BCUT2D eigenvalue weighted by Gasteiger charge is -2.00. The Morgan fingerprint density at radius 2 is 0.739 bits per heavy atom. The molecule has 0 unspecified atom stereocenters. The summed E-state index contributed by atoms with van der Waals surface area (Å²) in [6, 6.07) is 0. The van der Waals surface area contributed by atoms with Gasteiger partial charge in [0.15, 0.2) is 0 Å². The highest BCUT2D eigenvalue weighted by atomic mass is 14.0. The Kier molecular flexibility index (Phi) is 21.1. The van der Waals surface area contributed by atoms with Crippen LogP contribution in [0, 0.1) is 0 Å². The van der Waals surface area contributed by atoms with Crippen molar-refractivity contribution in [1.82, 2.24) is 0 Å². The van der Waals surface area contributed by atoms with E-state index >= 15 is 0 Å². The zero-order valence-electron chi connectivity index (χ0n) is 16.4. The first-order valence-corrected chi connectivity index (χ1v) is 10.8. The molecule has 0 heteroatoms. The molecule has 0 rings (SSSR count). The minimum absolute atomic E-state index is 1.22. The van der Waals surface area contributed by atoms with Crippen LogP contribution in [0.4, 0.5) is 0 Å². The van der Waals surface area contributed by atoms with E-state index in [-0.39, 0.29) is 0 Å². The fourth-order valence-corrected chi connectivity index (χ4v) is 3.01. The molecule has 0 saturated heterocycles. The van der Waals surface area contributed by atoms with Crippen molar-refractivity contribution in [3.05, 3.63) is 17.9 Å². The lowest BCUT2D eigenvalue weighted by molar-refractivity contribution is 0.566. The molecule has 0 aliphatic carbocycles. The number of allylic oxidation sites excluding steroid dienone is 1. The first-order chi connectivity index (χ1) is 11.4. The standard InChI is InChI=1S/C23H44/c1-3-5-7-9-11-13-15-17-19-21-23-22-20-18-16-14-12-10-8-6-4-2/h19,23H,3-18,20,22H2,1-2H3. The molecule has 0 aliphatic heterocycles. The third-order valence-electron chi connectivity index (χ3n) is 4.64. The van der Waals surface area contributed by atoms with Gasteiger partial charge in [-0.05, 0) is 37.8 Å². The predicted octanol–water partition coefficient (Wildman–Crippen LogP) is 8.76. The maximum absolute atomic E-state index is 3.37. The Bertz CT molecular complexity index is 257. The Morgan fingerprint density at radius 3 is 1.09 bits per heavy atom. The normalized spacial score (nSPS) is 10.5. The molecule has 0 saturated carbocycles. The van der Waals surface area contributed by atoms with Gasteiger partial charge in [0.25, 0.3) is 0 Å². The lowest BCUT2D eigenvalue weighted by atomic mass is 10.1. The molecule has 23 heavy (non-hydrogen) atoms. The molecule has 0 aliphatic rings. The van der Waals surface area contributed by atoms with Crippen molar-refractivity contribution < 1.29 is 0 Å². The van der Waals surface area contributed by atoms with Crippen molar-refractivity contribution in [2.45, 2.75) is 129 Å². The summed E-state index contributed by atoms with van der Waals surface area (Å²) in [5.74, 6) is 0.